The molecule has 1 fully saturated rings. The number of hydrogen-bond donors (Lipinski definition) is 1. The first-order valence-electron chi connectivity index (χ1n) is 6.46. The summed E-state index contributed by atoms with van der Waals surface area (Å²) in [6.07, 6.45) is 2.33. The van der Waals surface area contributed by atoms with E-state index in [1.165, 1.54) is 0 Å². The molecule has 0 aliphatic carbocycles. The molecule has 0 saturated carbocycles. The average Bonchev–Trinajstić information content (AvgIpc) is 2.64. The van der Waals surface area contributed by atoms with Crippen molar-refractivity contribution < 1.29 is 4.74 Å². The topological polar surface area (TPSA) is 51.4 Å². The second-order valence-corrected chi connectivity index (χ2v) is 4.91. The molecule has 18 heavy (non-hydrogen) atoms. The molecule has 1 aliphatic heterocycles. The normalized spacial score (nSPS) is 20.8. The zero-order chi connectivity index (χ0) is 13.0. The van der Waals surface area contributed by atoms with Gasteiger partial charge in [-0.05, 0) is 25.0 Å². The lowest BCUT2D eigenvalue weighted by Gasteiger charge is -2.24. The fourth-order valence-corrected chi connectivity index (χ4v) is 2.32. The first kappa shape index (κ1) is 13.6. The SMILES string of the molecule is CCC1CN(c2ccc(Cl)c(CN)n2)CCCO1. The van der Waals surface area contributed by atoms with Crippen LogP contribution in [0.3, 0.4) is 0 Å². The molecule has 1 saturated heterocycles. The molecule has 0 amide bonds. The van der Waals surface area contributed by atoms with E-state index in [1.54, 1.807) is 0 Å². The first-order chi connectivity index (χ1) is 8.74. The van der Waals surface area contributed by atoms with Crippen molar-refractivity contribution in [2.75, 3.05) is 24.6 Å². The number of ether oxygens (including phenoxy) is 1. The number of hydrogen-bond acceptors (Lipinski definition) is 4. The Kier molecular flexibility index (Phi) is 4.80. The van der Waals surface area contributed by atoms with Gasteiger partial charge in [0.05, 0.1) is 16.8 Å². The lowest BCUT2D eigenvalue weighted by Crippen LogP contribution is -2.32. The van der Waals surface area contributed by atoms with E-state index in [2.05, 4.69) is 16.8 Å². The molecule has 1 atom stereocenters. The zero-order valence-electron chi connectivity index (χ0n) is 10.7. The Bertz CT molecular complexity index is 400. The lowest BCUT2D eigenvalue weighted by atomic mass is 10.2. The van der Waals surface area contributed by atoms with Crippen molar-refractivity contribution >= 4 is 17.4 Å². The Balaban J connectivity index is 2.18. The van der Waals surface area contributed by atoms with Gasteiger partial charge in [-0.25, -0.2) is 4.98 Å². The molecule has 0 spiro atoms. The summed E-state index contributed by atoms with van der Waals surface area (Å²) >= 11 is 6.04. The van der Waals surface area contributed by atoms with Gasteiger partial charge < -0.3 is 15.4 Å². The van der Waals surface area contributed by atoms with E-state index >= 15 is 0 Å². The monoisotopic (exact) mass is 269 g/mol. The highest BCUT2D eigenvalue weighted by atomic mass is 35.5. The van der Waals surface area contributed by atoms with Crippen molar-refractivity contribution in [1.29, 1.82) is 0 Å². The van der Waals surface area contributed by atoms with Gasteiger partial charge in [-0.3, -0.25) is 0 Å². The number of rotatable bonds is 3. The second kappa shape index (κ2) is 6.36. The van der Waals surface area contributed by atoms with Crippen molar-refractivity contribution in [2.45, 2.75) is 32.4 Å². The summed E-state index contributed by atoms with van der Waals surface area (Å²) in [6, 6.07) is 3.83. The van der Waals surface area contributed by atoms with E-state index in [4.69, 9.17) is 22.1 Å². The van der Waals surface area contributed by atoms with E-state index in [0.29, 0.717) is 11.6 Å². The first-order valence-corrected chi connectivity index (χ1v) is 6.84. The van der Waals surface area contributed by atoms with Crippen LogP contribution in [0.1, 0.15) is 25.5 Å². The molecule has 1 aromatic rings. The number of nitrogens with two attached hydrogens (primary N) is 1. The molecule has 0 aromatic carbocycles. The number of pyridine rings is 1. The Morgan fingerprint density at radius 3 is 3.11 bits per heavy atom. The maximum absolute atomic E-state index is 6.04. The summed E-state index contributed by atoms with van der Waals surface area (Å²) in [5.41, 5.74) is 6.40. The standard InChI is InChI=1S/C13H20ClN3O/c1-2-10-9-17(6-3-7-18-10)13-5-4-11(14)12(8-15)16-13/h4-5,10H,2-3,6-9,15H2,1H3. The maximum atomic E-state index is 6.04. The Morgan fingerprint density at radius 2 is 2.39 bits per heavy atom. The minimum absolute atomic E-state index is 0.284. The predicted molar refractivity (Wildman–Crippen MR) is 74.0 cm³/mol. The molecular weight excluding hydrogens is 250 g/mol. The van der Waals surface area contributed by atoms with Gasteiger partial charge in [0.25, 0.3) is 0 Å². The summed E-state index contributed by atoms with van der Waals surface area (Å²) in [7, 11) is 0. The molecule has 2 N–H and O–H groups in total. The Morgan fingerprint density at radius 1 is 1.56 bits per heavy atom. The van der Waals surface area contributed by atoms with Crippen LogP contribution >= 0.6 is 11.6 Å². The molecule has 1 unspecified atom stereocenters. The third-order valence-electron chi connectivity index (χ3n) is 3.23. The van der Waals surface area contributed by atoms with Gasteiger partial charge in [-0.15, -0.1) is 0 Å². The third kappa shape index (κ3) is 3.13. The molecule has 100 valence electrons. The van der Waals surface area contributed by atoms with Crippen molar-refractivity contribution in [1.82, 2.24) is 4.98 Å². The van der Waals surface area contributed by atoms with Gasteiger partial charge in [0.2, 0.25) is 0 Å². The zero-order valence-corrected chi connectivity index (χ0v) is 11.5. The van der Waals surface area contributed by atoms with Crippen LogP contribution in [0, 0.1) is 0 Å². The summed E-state index contributed by atoms with van der Waals surface area (Å²) < 4.78 is 5.76. The minimum atomic E-state index is 0.284. The van der Waals surface area contributed by atoms with Gasteiger partial charge in [-0.2, -0.15) is 0 Å². The van der Waals surface area contributed by atoms with Crippen LogP contribution in [0.2, 0.25) is 5.02 Å². The quantitative estimate of drug-likeness (QED) is 0.914. The highest BCUT2D eigenvalue weighted by Crippen LogP contribution is 2.21. The van der Waals surface area contributed by atoms with Gasteiger partial charge in [0.1, 0.15) is 5.82 Å². The maximum Gasteiger partial charge on any atom is 0.129 e. The summed E-state index contributed by atoms with van der Waals surface area (Å²) in [6.45, 7) is 5.19. The number of anilines is 1. The van der Waals surface area contributed by atoms with Gasteiger partial charge >= 0.3 is 0 Å². The van der Waals surface area contributed by atoms with Crippen LogP contribution in [-0.4, -0.2) is 30.8 Å². The minimum Gasteiger partial charge on any atom is -0.376 e. The van der Waals surface area contributed by atoms with Crippen LogP contribution in [0.25, 0.3) is 0 Å². The molecule has 0 radical (unpaired) electrons. The summed E-state index contributed by atoms with van der Waals surface area (Å²) in [5, 5.41) is 0.638. The molecule has 0 bridgehead atoms. The van der Waals surface area contributed by atoms with Crippen LogP contribution in [-0.2, 0) is 11.3 Å². The highest BCUT2D eigenvalue weighted by Gasteiger charge is 2.18. The molecule has 2 heterocycles. The fraction of sp³-hybridized carbons (Fsp3) is 0.615. The van der Waals surface area contributed by atoms with E-state index in [1.807, 2.05) is 12.1 Å². The van der Waals surface area contributed by atoms with Gasteiger partial charge in [0, 0.05) is 26.2 Å². The van der Waals surface area contributed by atoms with Crippen molar-refractivity contribution in [3.63, 3.8) is 0 Å². The Labute approximate surface area is 113 Å². The van der Waals surface area contributed by atoms with E-state index in [-0.39, 0.29) is 6.10 Å². The van der Waals surface area contributed by atoms with Crippen molar-refractivity contribution in [3.8, 4) is 0 Å². The summed E-state index contributed by atoms with van der Waals surface area (Å²) in [4.78, 5) is 6.80. The van der Waals surface area contributed by atoms with Crippen LogP contribution in [0.15, 0.2) is 12.1 Å². The van der Waals surface area contributed by atoms with Crippen LogP contribution in [0.4, 0.5) is 5.82 Å². The average molecular weight is 270 g/mol. The van der Waals surface area contributed by atoms with Crippen LogP contribution < -0.4 is 10.6 Å². The Hall–Kier alpha value is -0.840. The lowest BCUT2D eigenvalue weighted by molar-refractivity contribution is 0.0664. The molecule has 5 heteroatoms. The number of nitrogens with zero attached hydrogens (tertiary/aromatic N) is 2. The van der Waals surface area contributed by atoms with E-state index in [9.17, 15) is 0 Å². The predicted octanol–water partition coefficient (Wildman–Crippen LogP) is 2.20. The van der Waals surface area contributed by atoms with E-state index in [0.717, 1.165) is 44.0 Å². The highest BCUT2D eigenvalue weighted by molar-refractivity contribution is 6.31. The smallest absolute Gasteiger partial charge is 0.129 e. The van der Waals surface area contributed by atoms with Gasteiger partial charge in [0.15, 0.2) is 0 Å². The number of halogens is 1. The van der Waals surface area contributed by atoms with E-state index < -0.39 is 0 Å². The van der Waals surface area contributed by atoms with Crippen molar-refractivity contribution in [3.05, 3.63) is 22.8 Å². The largest absolute Gasteiger partial charge is 0.376 e. The fourth-order valence-electron chi connectivity index (χ4n) is 2.14. The van der Waals surface area contributed by atoms with Gasteiger partial charge in [-0.1, -0.05) is 18.5 Å². The van der Waals surface area contributed by atoms with Crippen molar-refractivity contribution in [2.24, 2.45) is 5.73 Å². The third-order valence-corrected chi connectivity index (χ3v) is 3.57. The molecular formula is C13H20ClN3O. The molecule has 2 rings (SSSR count). The second-order valence-electron chi connectivity index (χ2n) is 4.50. The molecule has 1 aromatic heterocycles. The van der Waals surface area contributed by atoms with Crippen LogP contribution in [0.5, 0.6) is 0 Å². The molecule has 1 aliphatic rings. The summed E-state index contributed by atoms with van der Waals surface area (Å²) in [5.74, 6) is 0.948. The number of aromatic nitrogens is 1. The molecule has 4 nitrogen and oxygen atoms in total.